The van der Waals surface area contributed by atoms with Crippen molar-refractivity contribution in [1.82, 2.24) is 9.88 Å². The quantitative estimate of drug-likeness (QED) is 0.356. The average Bonchev–Trinajstić information content (AvgIpc) is 3.56. The number of ether oxygens (including phenoxy) is 1. The minimum Gasteiger partial charge on any atom is -0.495 e. The van der Waals surface area contributed by atoms with Crippen molar-refractivity contribution in [3.8, 4) is 17.1 Å². The molecule has 2 atom stereocenters. The summed E-state index contributed by atoms with van der Waals surface area (Å²) in [4.78, 5) is 24.6. The number of aromatic nitrogens is 1. The van der Waals surface area contributed by atoms with E-state index in [1.54, 1.807) is 13.3 Å². The van der Waals surface area contributed by atoms with Crippen molar-refractivity contribution < 1.29 is 13.9 Å². The number of fused-ring (bicyclic) bond motifs is 2. The average molecular weight is 526 g/mol. The third-order valence-electron chi connectivity index (χ3n) is 8.27. The Balaban J connectivity index is 1.31. The third kappa shape index (κ3) is 4.48. The number of nitrogens with one attached hydrogen (secondary N) is 1. The van der Waals surface area contributed by atoms with Crippen molar-refractivity contribution >= 4 is 33.9 Å². The number of aryl methyl sites for hydroxylation is 1. The molecule has 1 fully saturated rings. The molecule has 0 spiro atoms. The Hall–Kier alpha value is -4.04. The van der Waals surface area contributed by atoms with Crippen molar-refractivity contribution in [1.29, 1.82) is 0 Å². The molecule has 2 unspecified atom stereocenters. The zero-order valence-electron chi connectivity index (χ0n) is 23.2. The predicted molar refractivity (Wildman–Crippen MR) is 156 cm³/mol. The zero-order chi connectivity index (χ0) is 27.3. The lowest BCUT2D eigenvalue weighted by Gasteiger charge is -2.44. The Morgan fingerprint density at radius 2 is 1.79 bits per heavy atom. The Morgan fingerprint density at radius 3 is 2.51 bits per heavy atom. The number of oxazole rings is 1. The molecule has 3 heterocycles. The number of carbonyl (C=O) groups excluding carboxylic acids is 1. The molecular weight excluding hydrogens is 490 g/mol. The number of hydrogen-bond donors (Lipinski definition) is 1. The number of nitrogens with zero attached hydrogens (tertiary/aromatic N) is 4. The number of benzene rings is 3. The molecule has 0 radical (unpaired) electrons. The van der Waals surface area contributed by atoms with Crippen LogP contribution >= 0.6 is 0 Å². The zero-order valence-corrected chi connectivity index (χ0v) is 23.2. The maximum absolute atomic E-state index is 13.7. The molecule has 6 rings (SSSR count). The van der Waals surface area contributed by atoms with E-state index in [2.05, 4.69) is 53.1 Å². The fraction of sp³-hybridized carbons (Fsp3) is 0.355. The Morgan fingerprint density at radius 1 is 1.05 bits per heavy atom. The topological polar surface area (TPSA) is 74.1 Å². The molecule has 2 amide bonds. The molecule has 3 aromatic carbocycles. The van der Waals surface area contributed by atoms with Crippen molar-refractivity contribution in [2.45, 2.75) is 39.3 Å². The van der Waals surface area contributed by atoms with Crippen LogP contribution in [0.5, 0.6) is 5.75 Å². The molecule has 8 heteroatoms. The maximum atomic E-state index is 13.7. The van der Waals surface area contributed by atoms with Crippen molar-refractivity contribution in [3.63, 3.8) is 0 Å². The van der Waals surface area contributed by atoms with E-state index in [0.29, 0.717) is 30.3 Å². The minimum atomic E-state index is -0.140. The van der Waals surface area contributed by atoms with Crippen molar-refractivity contribution in [3.05, 3.63) is 66.2 Å². The molecule has 1 N–H and O–H groups in total. The Labute approximate surface area is 229 Å². The molecule has 1 saturated heterocycles. The second kappa shape index (κ2) is 9.93. The van der Waals surface area contributed by atoms with Crippen LogP contribution in [0.15, 0.2) is 59.1 Å². The number of anilines is 3. The van der Waals surface area contributed by atoms with Crippen LogP contribution in [0.1, 0.15) is 25.3 Å². The molecule has 0 aliphatic carbocycles. The lowest BCUT2D eigenvalue weighted by Crippen LogP contribution is -2.55. The SMILES string of the molecule is COc1cc2c(cc1N1CC(C)N(C)C(C)C1)N(C(=O)Nc1cccc3c(-c4cnc(C)o4)cccc13)CC2. The lowest BCUT2D eigenvalue weighted by molar-refractivity contribution is 0.169. The largest absolute Gasteiger partial charge is 0.495 e. The van der Waals surface area contributed by atoms with Gasteiger partial charge in [-0.2, -0.15) is 0 Å². The molecule has 0 saturated carbocycles. The van der Waals surface area contributed by atoms with Gasteiger partial charge >= 0.3 is 6.03 Å². The van der Waals surface area contributed by atoms with E-state index in [1.807, 2.05) is 48.2 Å². The van der Waals surface area contributed by atoms with Crippen molar-refractivity contribution in [2.24, 2.45) is 0 Å². The number of hydrogen-bond acceptors (Lipinski definition) is 6. The molecule has 39 heavy (non-hydrogen) atoms. The van der Waals surface area contributed by atoms with Gasteiger partial charge in [0.25, 0.3) is 0 Å². The number of urea groups is 1. The summed E-state index contributed by atoms with van der Waals surface area (Å²) < 4.78 is 11.6. The van der Waals surface area contributed by atoms with Gasteiger partial charge in [-0.05, 0) is 56.5 Å². The molecule has 1 aromatic heterocycles. The number of piperazine rings is 1. The minimum absolute atomic E-state index is 0.140. The van der Waals surface area contributed by atoms with E-state index >= 15 is 0 Å². The second-order valence-corrected chi connectivity index (χ2v) is 10.7. The number of amides is 2. The van der Waals surface area contributed by atoms with Gasteiger partial charge in [0.1, 0.15) is 5.75 Å². The monoisotopic (exact) mass is 525 g/mol. The first-order chi connectivity index (χ1) is 18.8. The van der Waals surface area contributed by atoms with Gasteiger partial charge in [-0.3, -0.25) is 9.80 Å². The van der Waals surface area contributed by atoms with E-state index in [9.17, 15) is 4.79 Å². The van der Waals surface area contributed by atoms with E-state index in [0.717, 1.165) is 64.2 Å². The van der Waals surface area contributed by atoms with E-state index in [-0.39, 0.29) is 6.03 Å². The standard InChI is InChI=1S/C31H35N5O3/c1-19-17-35(18-20(2)34(19)4)28-15-27-22(14-29(28)38-5)12-13-36(27)31(37)33-26-11-7-8-23-24(26)9-6-10-25(23)30-16-32-21(3)39-30/h6-11,14-16,19-20H,12-13,17-18H2,1-5H3,(H,33,37). The first-order valence-corrected chi connectivity index (χ1v) is 13.5. The highest BCUT2D eigenvalue weighted by Crippen LogP contribution is 2.41. The summed E-state index contributed by atoms with van der Waals surface area (Å²) in [5.74, 6) is 2.20. The number of methoxy groups -OCH3 is 1. The summed E-state index contributed by atoms with van der Waals surface area (Å²) in [5.41, 5.74) is 4.82. The number of carbonyl (C=O) groups is 1. The van der Waals surface area contributed by atoms with E-state index in [1.165, 1.54) is 0 Å². The second-order valence-electron chi connectivity index (χ2n) is 10.7. The molecule has 202 valence electrons. The first kappa shape index (κ1) is 25.2. The highest BCUT2D eigenvalue weighted by molar-refractivity contribution is 6.10. The van der Waals surface area contributed by atoms with Crippen LogP contribution in [0.25, 0.3) is 22.1 Å². The maximum Gasteiger partial charge on any atom is 0.326 e. The molecule has 0 bridgehead atoms. The summed E-state index contributed by atoms with van der Waals surface area (Å²) in [7, 11) is 3.91. The van der Waals surface area contributed by atoms with E-state index in [4.69, 9.17) is 9.15 Å². The molecule has 2 aliphatic heterocycles. The highest BCUT2D eigenvalue weighted by atomic mass is 16.5. The summed E-state index contributed by atoms with van der Waals surface area (Å²) >= 11 is 0. The fourth-order valence-corrected chi connectivity index (χ4v) is 5.93. The van der Waals surface area contributed by atoms with Crippen LogP contribution in [0, 0.1) is 6.92 Å². The van der Waals surface area contributed by atoms with Crippen LogP contribution in [-0.2, 0) is 6.42 Å². The fourth-order valence-electron chi connectivity index (χ4n) is 5.93. The van der Waals surface area contributed by atoms with Gasteiger partial charge in [-0.25, -0.2) is 9.78 Å². The van der Waals surface area contributed by atoms with E-state index < -0.39 is 0 Å². The summed E-state index contributed by atoms with van der Waals surface area (Å²) in [6, 6.07) is 16.9. The predicted octanol–water partition coefficient (Wildman–Crippen LogP) is 5.94. The molecule has 2 aliphatic rings. The number of rotatable bonds is 4. The lowest BCUT2D eigenvalue weighted by atomic mass is 10.0. The number of likely N-dealkylation sites (N-methyl/N-ethyl adjacent to an activating group) is 1. The van der Waals surface area contributed by atoms with Crippen LogP contribution in [0.2, 0.25) is 0 Å². The van der Waals surface area contributed by atoms with Crippen LogP contribution in [0.3, 0.4) is 0 Å². The van der Waals surface area contributed by atoms with Gasteiger partial charge in [-0.1, -0.05) is 30.3 Å². The Bertz CT molecular complexity index is 1530. The summed E-state index contributed by atoms with van der Waals surface area (Å²) in [6.07, 6.45) is 2.53. The van der Waals surface area contributed by atoms with Gasteiger partial charge in [0.15, 0.2) is 11.7 Å². The molecule has 8 nitrogen and oxygen atoms in total. The van der Waals surface area contributed by atoms with Gasteiger partial charge in [0.2, 0.25) is 0 Å². The summed E-state index contributed by atoms with van der Waals surface area (Å²) in [6.45, 7) is 8.77. The van der Waals surface area contributed by atoms with Gasteiger partial charge in [0.05, 0.1) is 30.4 Å². The van der Waals surface area contributed by atoms with Gasteiger partial charge < -0.3 is 19.4 Å². The van der Waals surface area contributed by atoms with Gasteiger partial charge in [0, 0.05) is 49.6 Å². The third-order valence-corrected chi connectivity index (χ3v) is 8.27. The highest BCUT2D eigenvalue weighted by Gasteiger charge is 2.32. The van der Waals surface area contributed by atoms with Crippen LogP contribution < -0.4 is 19.9 Å². The van der Waals surface area contributed by atoms with Crippen LogP contribution in [0.4, 0.5) is 21.9 Å². The molecule has 4 aromatic rings. The van der Waals surface area contributed by atoms with Crippen LogP contribution in [-0.4, -0.2) is 61.8 Å². The molecular formula is C31H35N5O3. The Kier molecular flexibility index (Phi) is 6.43. The normalized spacial score (nSPS) is 19.4. The van der Waals surface area contributed by atoms with Gasteiger partial charge in [-0.15, -0.1) is 0 Å². The first-order valence-electron chi connectivity index (χ1n) is 13.5. The van der Waals surface area contributed by atoms with Crippen molar-refractivity contribution in [2.75, 3.05) is 48.9 Å². The smallest absolute Gasteiger partial charge is 0.326 e. The summed E-state index contributed by atoms with van der Waals surface area (Å²) in [5, 5.41) is 5.14.